The number of nitrogens with zero attached hydrogens (tertiary/aromatic N) is 1. The molecule has 0 radical (unpaired) electrons. The van der Waals surface area contributed by atoms with Crippen molar-refractivity contribution < 1.29 is 0 Å². The van der Waals surface area contributed by atoms with Crippen LogP contribution in [0.1, 0.15) is 6.42 Å². The van der Waals surface area contributed by atoms with Crippen LogP contribution in [-0.2, 0) is 0 Å². The molecule has 3 heteroatoms. The number of nitrogens with two attached hydrogens (primary N) is 1. The summed E-state index contributed by atoms with van der Waals surface area (Å²) in [5.74, 6) is 5.41. The zero-order valence-corrected chi connectivity index (χ0v) is 4.35. The molecule has 0 aromatic rings. The van der Waals surface area contributed by atoms with Crippen LogP contribution in [0.3, 0.4) is 0 Å². The van der Waals surface area contributed by atoms with Crippen molar-refractivity contribution in [1.82, 2.24) is 10.3 Å². The average Bonchev–Trinajstić information content (AvgIpc) is 1.69. The molecular weight excluding hydrogens is 90.1 g/mol. The lowest BCUT2D eigenvalue weighted by molar-refractivity contribution is 0.221. The number of rotatable bonds is 0. The second kappa shape index (κ2) is 2.26. The molecule has 0 saturated carbocycles. The standard InChI is InChI=1S/C4H11N3/c5-7-3-1-2-6-4-7/h6H,1-5H2. The fourth-order valence-corrected chi connectivity index (χ4v) is 0.709. The van der Waals surface area contributed by atoms with E-state index < -0.39 is 0 Å². The maximum Gasteiger partial charge on any atom is 0.0618 e. The third kappa shape index (κ3) is 1.43. The Morgan fingerprint density at radius 2 is 2.43 bits per heavy atom. The normalized spacial score (nSPS) is 25.3. The molecular formula is C4H11N3. The van der Waals surface area contributed by atoms with Crippen molar-refractivity contribution in [2.45, 2.75) is 6.42 Å². The molecule has 7 heavy (non-hydrogen) atoms. The van der Waals surface area contributed by atoms with E-state index in [2.05, 4.69) is 5.32 Å². The van der Waals surface area contributed by atoms with Crippen molar-refractivity contribution in [3.63, 3.8) is 0 Å². The van der Waals surface area contributed by atoms with Gasteiger partial charge in [0.25, 0.3) is 0 Å². The lowest BCUT2D eigenvalue weighted by Gasteiger charge is -2.21. The summed E-state index contributed by atoms with van der Waals surface area (Å²) in [6.07, 6.45) is 1.18. The Labute approximate surface area is 43.4 Å². The Hall–Kier alpha value is -0.120. The highest BCUT2D eigenvalue weighted by Gasteiger charge is 2.01. The first-order chi connectivity index (χ1) is 3.39. The molecule has 0 aromatic carbocycles. The number of nitrogens with one attached hydrogen (secondary N) is 1. The van der Waals surface area contributed by atoms with Gasteiger partial charge < -0.3 is 5.32 Å². The molecule has 1 saturated heterocycles. The SMILES string of the molecule is NN1CCCNC1. The van der Waals surface area contributed by atoms with Gasteiger partial charge in [-0.25, -0.2) is 5.01 Å². The first-order valence-corrected chi connectivity index (χ1v) is 2.60. The van der Waals surface area contributed by atoms with E-state index in [4.69, 9.17) is 5.84 Å². The molecule has 42 valence electrons. The van der Waals surface area contributed by atoms with E-state index in [1.807, 2.05) is 0 Å². The monoisotopic (exact) mass is 101 g/mol. The molecule has 1 rings (SSSR count). The Balaban J connectivity index is 2.12. The van der Waals surface area contributed by atoms with Gasteiger partial charge in [-0.1, -0.05) is 0 Å². The molecule has 0 atom stereocenters. The third-order valence-electron chi connectivity index (χ3n) is 1.11. The quantitative estimate of drug-likeness (QED) is 0.389. The molecule has 0 aromatic heterocycles. The van der Waals surface area contributed by atoms with E-state index in [0.717, 1.165) is 19.8 Å². The lowest BCUT2D eigenvalue weighted by Crippen LogP contribution is -2.45. The van der Waals surface area contributed by atoms with Gasteiger partial charge in [0, 0.05) is 6.54 Å². The molecule has 0 bridgehead atoms. The zero-order valence-electron chi connectivity index (χ0n) is 4.35. The highest BCUT2D eigenvalue weighted by molar-refractivity contribution is 4.56. The summed E-state index contributed by atoms with van der Waals surface area (Å²) in [4.78, 5) is 0. The topological polar surface area (TPSA) is 41.3 Å². The largest absolute Gasteiger partial charge is 0.303 e. The van der Waals surface area contributed by atoms with Gasteiger partial charge in [0.05, 0.1) is 6.67 Å². The molecule has 1 aliphatic heterocycles. The summed E-state index contributed by atoms with van der Waals surface area (Å²) < 4.78 is 0. The Kier molecular flexibility index (Phi) is 1.62. The van der Waals surface area contributed by atoms with Crippen molar-refractivity contribution in [2.75, 3.05) is 19.8 Å². The summed E-state index contributed by atoms with van der Waals surface area (Å²) in [6, 6.07) is 0. The Morgan fingerprint density at radius 3 is 2.71 bits per heavy atom. The van der Waals surface area contributed by atoms with E-state index in [9.17, 15) is 0 Å². The van der Waals surface area contributed by atoms with Gasteiger partial charge in [-0.3, -0.25) is 5.84 Å². The van der Waals surface area contributed by atoms with Gasteiger partial charge >= 0.3 is 0 Å². The van der Waals surface area contributed by atoms with Crippen molar-refractivity contribution in [3.8, 4) is 0 Å². The van der Waals surface area contributed by atoms with Crippen molar-refractivity contribution in [1.29, 1.82) is 0 Å². The Morgan fingerprint density at radius 1 is 1.57 bits per heavy atom. The summed E-state index contributed by atoms with van der Waals surface area (Å²) in [5.41, 5.74) is 0. The van der Waals surface area contributed by atoms with Crippen molar-refractivity contribution >= 4 is 0 Å². The fourth-order valence-electron chi connectivity index (χ4n) is 0.709. The molecule has 0 aliphatic carbocycles. The van der Waals surface area contributed by atoms with Crippen LogP contribution in [-0.4, -0.2) is 24.8 Å². The van der Waals surface area contributed by atoms with Crippen LogP contribution < -0.4 is 11.2 Å². The molecule has 3 N–H and O–H groups in total. The maximum atomic E-state index is 5.41. The van der Waals surface area contributed by atoms with Crippen molar-refractivity contribution in [2.24, 2.45) is 5.84 Å². The zero-order chi connectivity index (χ0) is 5.11. The summed E-state index contributed by atoms with van der Waals surface area (Å²) in [5, 5.41) is 4.92. The van der Waals surface area contributed by atoms with E-state index in [-0.39, 0.29) is 0 Å². The second-order valence-electron chi connectivity index (χ2n) is 1.82. The van der Waals surface area contributed by atoms with Crippen LogP contribution in [0, 0.1) is 0 Å². The van der Waals surface area contributed by atoms with Crippen LogP contribution in [0.25, 0.3) is 0 Å². The first kappa shape index (κ1) is 5.03. The highest BCUT2D eigenvalue weighted by Crippen LogP contribution is 1.85. The molecule has 0 spiro atoms. The van der Waals surface area contributed by atoms with E-state index in [1.165, 1.54) is 6.42 Å². The minimum atomic E-state index is 0.847. The third-order valence-corrected chi connectivity index (χ3v) is 1.11. The van der Waals surface area contributed by atoms with Crippen LogP contribution in [0.4, 0.5) is 0 Å². The molecule has 0 unspecified atom stereocenters. The number of hydrogen-bond acceptors (Lipinski definition) is 3. The predicted octanol–water partition coefficient (Wildman–Crippen LogP) is -0.887. The smallest absolute Gasteiger partial charge is 0.0618 e. The van der Waals surface area contributed by atoms with Gasteiger partial charge in [-0.15, -0.1) is 0 Å². The summed E-state index contributed by atoms with van der Waals surface area (Å²) >= 11 is 0. The van der Waals surface area contributed by atoms with Gasteiger partial charge in [-0.05, 0) is 13.0 Å². The molecule has 1 aliphatic rings. The maximum absolute atomic E-state index is 5.41. The summed E-state index contributed by atoms with van der Waals surface area (Å²) in [6.45, 7) is 3.00. The van der Waals surface area contributed by atoms with E-state index in [1.54, 1.807) is 5.01 Å². The molecule has 0 amide bonds. The number of hydrogen-bond donors (Lipinski definition) is 2. The van der Waals surface area contributed by atoms with Crippen molar-refractivity contribution in [3.05, 3.63) is 0 Å². The van der Waals surface area contributed by atoms with Gasteiger partial charge in [0.1, 0.15) is 0 Å². The predicted molar refractivity (Wildman–Crippen MR) is 28.4 cm³/mol. The van der Waals surface area contributed by atoms with Gasteiger partial charge in [0.2, 0.25) is 0 Å². The minimum Gasteiger partial charge on any atom is -0.303 e. The van der Waals surface area contributed by atoms with E-state index in [0.29, 0.717) is 0 Å². The molecule has 1 fully saturated rings. The highest BCUT2D eigenvalue weighted by atomic mass is 15.4. The van der Waals surface area contributed by atoms with Crippen LogP contribution in [0.5, 0.6) is 0 Å². The number of hydrazine groups is 1. The average molecular weight is 101 g/mol. The van der Waals surface area contributed by atoms with E-state index >= 15 is 0 Å². The van der Waals surface area contributed by atoms with Gasteiger partial charge in [0.15, 0.2) is 0 Å². The van der Waals surface area contributed by atoms with Gasteiger partial charge in [-0.2, -0.15) is 0 Å². The van der Waals surface area contributed by atoms with Crippen LogP contribution >= 0.6 is 0 Å². The lowest BCUT2D eigenvalue weighted by atomic mass is 10.4. The van der Waals surface area contributed by atoms with Crippen LogP contribution in [0.2, 0.25) is 0 Å². The fraction of sp³-hybridized carbons (Fsp3) is 1.00. The van der Waals surface area contributed by atoms with Crippen LogP contribution in [0.15, 0.2) is 0 Å². The Bertz CT molecular complexity index is 48.9. The molecule has 3 nitrogen and oxygen atoms in total. The minimum absolute atomic E-state index is 0.847. The first-order valence-electron chi connectivity index (χ1n) is 2.60. The molecule has 1 heterocycles. The second-order valence-corrected chi connectivity index (χ2v) is 1.82. The summed E-state index contributed by atoms with van der Waals surface area (Å²) in [7, 11) is 0.